The zero-order valence-corrected chi connectivity index (χ0v) is 13.9. The van der Waals surface area contributed by atoms with Crippen molar-refractivity contribution in [1.29, 1.82) is 0 Å². The Morgan fingerprint density at radius 1 is 1.12 bits per heavy atom. The third-order valence-corrected chi connectivity index (χ3v) is 5.19. The minimum Gasteiger partial charge on any atom is -0.274 e. The van der Waals surface area contributed by atoms with Crippen molar-refractivity contribution in [3.63, 3.8) is 0 Å². The predicted molar refractivity (Wildman–Crippen MR) is 90.7 cm³/mol. The van der Waals surface area contributed by atoms with Gasteiger partial charge in [0, 0.05) is 11.2 Å². The fourth-order valence-corrected chi connectivity index (χ4v) is 4.01. The van der Waals surface area contributed by atoms with Crippen molar-refractivity contribution in [2.45, 2.75) is 32.2 Å². The molecule has 4 rings (SSSR count). The standard InChI is InChI=1S/C18H18ClN3O2/c19-13-5-3-4-12(8-13)10-21-11-14(9-20-21)22-17(23)15-6-1-2-7-16(15)18(22)24/h3-5,8-9,11,15-16H,1-2,6-7,10H2. The fourth-order valence-electron chi connectivity index (χ4n) is 3.79. The molecule has 24 heavy (non-hydrogen) atoms. The van der Waals surface area contributed by atoms with E-state index in [1.165, 1.54) is 4.90 Å². The topological polar surface area (TPSA) is 55.2 Å². The number of anilines is 1. The molecule has 5 nitrogen and oxygen atoms in total. The first-order chi connectivity index (χ1) is 11.6. The number of hydrogen-bond donors (Lipinski definition) is 0. The Balaban J connectivity index is 1.56. The van der Waals surface area contributed by atoms with Crippen LogP contribution >= 0.6 is 11.6 Å². The zero-order valence-electron chi connectivity index (χ0n) is 13.2. The number of carbonyl (C=O) groups excluding carboxylic acids is 2. The summed E-state index contributed by atoms with van der Waals surface area (Å²) in [5, 5.41) is 4.97. The van der Waals surface area contributed by atoms with Crippen molar-refractivity contribution in [3.8, 4) is 0 Å². The van der Waals surface area contributed by atoms with Crippen molar-refractivity contribution >= 4 is 29.1 Å². The lowest BCUT2D eigenvalue weighted by molar-refractivity contribution is -0.122. The van der Waals surface area contributed by atoms with Gasteiger partial charge in [0.15, 0.2) is 0 Å². The van der Waals surface area contributed by atoms with Crippen molar-refractivity contribution in [2.24, 2.45) is 11.8 Å². The van der Waals surface area contributed by atoms with Crippen LogP contribution in [0.15, 0.2) is 36.7 Å². The third-order valence-electron chi connectivity index (χ3n) is 4.95. The van der Waals surface area contributed by atoms with Gasteiger partial charge in [-0.3, -0.25) is 14.3 Å². The Bertz CT molecular complexity index is 777. The molecule has 1 aromatic heterocycles. The highest BCUT2D eigenvalue weighted by Gasteiger charge is 2.49. The first-order valence-electron chi connectivity index (χ1n) is 8.28. The molecule has 2 fully saturated rings. The number of benzene rings is 1. The molecule has 1 aliphatic heterocycles. The van der Waals surface area contributed by atoms with Crippen LogP contribution in [0.4, 0.5) is 5.69 Å². The highest BCUT2D eigenvalue weighted by Crippen LogP contribution is 2.39. The minimum atomic E-state index is -0.137. The van der Waals surface area contributed by atoms with Crippen molar-refractivity contribution in [1.82, 2.24) is 9.78 Å². The average molecular weight is 344 g/mol. The quantitative estimate of drug-likeness (QED) is 0.804. The highest BCUT2D eigenvalue weighted by atomic mass is 35.5. The maximum atomic E-state index is 12.6. The lowest BCUT2D eigenvalue weighted by atomic mass is 9.81. The number of amides is 2. The molecular formula is C18H18ClN3O2. The van der Waals surface area contributed by atoms with E-state index in [9.17, 15) is 9.59 Å². The lowest BCUT2D eigenvalue weighted by Crippen LogP contribution is -2.30. The van der Waals surface area contributed by atoms with Crippen LogP contribution in [-0.4, -0.2) is 21.6 Å². The summed E-state index contributed by atoms with van der Waals surface area (Å²) >= 11 is 6.00. The molecule has 2 aliphatic rings. The number of carbonyl (C=O) groups is 2. The summed E-state index contributed by atoms with van der Waals surface area (Å²) in [6.07, 6.45) is 7.06. The summed E-state index contributed by atoms with van der Waals surface area (Å²) in [4.78, 5) is 26.6. The van der Waals surface area contributed by atoms with Gasteiger partial charge in [-0.1, -0.05) is 36.6 Å². The van der Waals surface area contributed by atoms with E-state index < -0.39 is 0 Å². The number of aromatic nitrogens is 2. The predicted octanol–water partition coefficient (Wildman–Crippen LogP) is 3.26. The Morgan fingerprint density at radius 3 is 2.50 bits per heavy atom. The van der Waals surface area contributed by atoms with Crippen LogP contribution in [0.2, 0.25) is 5.02 Å². The SMILES string of the molecule is O=C1C2CCCCC2C(=O)N1c1cnn(Cc2cccc(Cl)c2)c1. The van der Waals surface area contributed by atoms with Crippen LogP contribution in [0, 0.1) is 11.8 Å². The molecule has 0 radical (unpaired) electrons. The van der Waals surface area contributed by atoms with Gasteiger partial charge in [0.2, 0.25) is 11.8 Å². The summed E-state index contributed by atoms with van der Waals surface area (Å²) in [6.45, 7) is 0.545. The Kier molecular flexibility index (Phi) is 3.88. The van der Waals surface area contributed by atoms with E-state index in [0.29, 0.717) is 17.3 Å². The number of hydrogen-bond acceptors (Lipinski definition) is 3. The highest BCUT2D eigenvalue weighted by molar-refractivity contribution is 6.30. The van der Waals surface area contributed by atoms with Crippen molar-refractivity contribution in [2.75, 3.05) is 4.90 Å². The number of imide groups is 1. The van der Waals surface area contributed by atoms with Gasteiger partial charge in [-0.15, -0.1) is 0 Å². The van der Waals surface area contributed by atoms with Gasteiger partial charge in [-0.05, 0) is 30.5 Å². The zero-order chi connectivity index (χ0) is 16.7. The second-order valence-electron chi connectivity index (χ2n) is 6.54. The molecule has 2 atom stereocenters. The third kappa shape index (κ3) is 2.63. The van der Waals surface area contributed by atoms with Crippen LogP contribution < -0.4 is 4.90 Å². The van der Waals surface area contributed by atoms with Gasteiger partial charge in [-0.2, -0.15) is 5.10 Å². The van der Waals surface area contributed by atoms with E-state index in [1.54, 1.807) is 17.1 Å². The molecule has 1 saturated heterocycles. The van der Waals surface area contributed by atoms with Gasteiger partial charge in [-0.25, -0.2) is 4.90 Å². The summed E-state index contributed by atoms with van der Waals surface area (Å²) < 4.78 is 1.73. The second-order valence-corrected chi connectivity index (χ2v) is 6.97. The Morgan fingerprint density at radius 2 is 1.83 bits per heavy atom. The molecule has 2 amide bonds. The molecule has 1 aromatic carbocycles. The first-order valence-corrected chi connectivity index (χ1v) is 8.66. The number of fused-ring (bicyclic) bond motifs is 1. The summed E-state index contributed by atoms with van der Waals surface area (Å²) in [5.74, 6) is -0.399. The monoisotopic (exact) mass is 343 g/mol. The average Bonchev–Trinajstić information content (AvgIpc) is 3.11. The molecule has 124 valence electrons. The summed E-state index contributed by atoms with van der Waals surface area (Å²) in [7, 11) is 0. The van der Waals surface area contributed by atoms with Crippen LogP contribution in [-0.2, 0) is 16.1 Å². The summed E-state index contributed by atoms with van der Waals surface area (Å²) in [5.41, 5.74) is 1.59. The van der Waals surface area contributed by atoms with Gasteiger partial charge in [0.25, 0.3) is 0 Å². The fraction of sp³-hybridized carbons (Fsp3) is 0.389. The Labute approximate surface area is 145 Å². The van der Waals surface area contributed by atoms with Crippen LogP contribution in [0.5, 0.6) is 0 Å². The molecule has 0 bridgehead atoms. The minimum absolute atomic E-state index is 0.0630. The maximum Gasteiger partial charge on any atom is 0.237 e. The smallest absolute Gasteiger partial charge is 0.237 e. The number of halogens is 1. The second kappa shape index (κ2) is 6.06. The number of nitrogens with zero attached hydrogens (tertiary/aromatic N) is 3. The van der Waals surface area contributed by atoms with Crippen LogP contribution in [0.1, 0.15) is 31.2 Å². The van der Waals surface area contributed by atoms with Crippen molar-refractivity contribution in [3.05, 3.63) is 47.2 Å². The van der Waals surface area contributed by atoms with E-state index in [2.05, 4.69) is 5.10 Å². The molecule has 0 N–H and O–H groups in total. The van der Waals surface area contributed by atoms with Gasteiger partial charge in [0.1, 0.15) is 0 Å². The molecule has 2 heterocycles. The Hall–Kier alpha value is -2.14. The van der Waals surface area contributed by atoms with E-state index in [4.69, 9.17) is 11.6 Å². The van der Waals surface area contributed by atoms with Gasteiger partial charge in [0.05, 0.1) is 30.3 Å². The first kappa shape index (κ1) is 15.4. The summed E-state index contributed by atoms with van der Waals surface area (Å²) in [6, 6.07) is 7.56. The van der Waals surface area contributed by atoms with Crippen molar-refractivity contribution < 1.29 is 9.59 Å². The van der Waals surface area contributed by atoms with E-state index in [1.807, 2.05) is 24.3 Å². The molecular weight excluding hydrogens is 326 g/mol. The molecule has 1 aliphatic carbocycles. The molecule has 0 spiro atoms. The van der Waals surface area contributed by atoms with E-state index >= 15 is 0 Å². The van der Waals surface area contributed by atoms with Gasteiger partial charge < -0.3 is 0 Å². The molecule has 1 saturated carbocycles. The molecule has 2 aromatic rings. The molecule has 6 heteroatoms. The van der Waals surface area contributed by atoms with Crippen LogP contribution in [0.25, 0.3) is 0 Å². The molecule has 2 unspecified atom stereocenters. The maximum absolute atomic E-state index is 12.6. The van der Waals surface area contributed by atoms with Gasteiger partial charge >= 0.3 is 0 Å². The van der Waals surface area contributed by atoms with E-state index in [0.717, 1.165) is 31.2 Å². The lowest BCUT2D eigenvalue weighted by Gasteiger charge is -2.19. The largest absolute Gasteiger partial charge is 0.274 e. The normalized spacial score (nSPS) is 23.6. The van der Waals surface area contributed by atoms with Crippen LogP contribution in [0.3, 0.4) is 0 Å². The number of rotatable bonds is 3. The van der Waals surface area contributed by atoms with E-state index in [-0.39, 0.29) is 23.7 Å².